The van der Waals surface area contributed by atoms with Crippen LogP contribution in [-0.4, -0.2) is 26.2 Å². The molecule has 1 aliphatic rings. The van der Waals surface area contributed by atoms with Gasteiger partial charge in [0, 0.05) is 33.2 Å². The first-order chi connectivity index (χ1) is 17.6. The van der Waals surface area contributed by atoms with E-state index in [1.807, 2.05) is 24.3 Å². The second-order valence-electron chi connectivity index (χ2n) is 9.28. The molecule has 4 rings (SSSR count). The number of halogens is 2. The van der Waals surface area contributed by atoms with Gasteiger partial charge in [0.05, 0.1) is 24.5 Å². The van der Waals surface area contributed by atoms with Crippen LogP contribution in [0.15, 0.2) is 66.7 Å². The van der Waals surface area contributed by atoms with E-state index in [0.717, 1.165) is 30.4 Å². The van der Waals surface area contributed by atoms with Crippen LogP contribution in [0.25, 0.3) is 0 Å². The van der Waals surface area contributed by atoms with Crippen molar-refractivity contribution in [2.45, 2.75) is 51.3 Å². The van der Waals surface area contributed by atoms with Gasteiger partial charge in [-0.3, -0.25) is 9.10 Å². The molecule has 0 saturated carbocycles. The summed E-state index contributed by atoms with van der Waals surface area (Å²) in [6.45, 7) is 4.16. The zero-order chi connectivity index (χ0) is 26.8. The van der Waals surface area contributed by atoms with Crippen LogP contribution in [0.5, 0.6) is 5.75 Å². The molecule has 0 aromatic heterocycles. The molecule has 37 heavy (non-hydrogen) atoms. The Morgan fingerprint density at radius 2 is 1.62 bits per heavy atom. The number of fused-ring (bicyclic) bond motifs is 1. The Morgan fingerprint density at radius 1 is 1.00 bits per heavy atom. The van der Waals surface area contributed by atoms with Crippen molar-refractivity contribution in [2.24, 2.45) is 0 Å². The highest BCUT2D eigenvalue weighted by atomic mass is 35.5. The maximum atomic E-state index is 13.3. The van der Waals surface area contributed by atoms with Gasteiger partial charge < -0.3 is 10.1 Å². The topological polar surface area (TPSA) is 75.7 Å². The molecule has 0 fully saturated rings. The van der Waals surface area contributed by atoms with Gasteiger partial charge in [-0.05, 0) is 55.3 Å². The molecule has 9 heteroatoms. The molecule has 0 aliphatic carbocycles. The Labute approximate surface area is 228 Å². The number of hydrogen-bond acceptors (Lipinski definition) is 4. The Balaban J connectivity index is 1.57. The van der Waals surface area contributed by atoms with Gasteiger partial charge in [-0.1, -0.05) is 61.3 Å². The van der Waals surface area contributed by atoms with Crippen molar-refractivity contribution in [3.05, 3.63) is 93.5 Å². The number of anilines is 1. The first-order valence-electron chi connectivity index (χ1n) is 12.2. The van der Waals surface area contributed by atoms with Gasteiger partial charge in [0.15, 0.2) is 0 Å². The molecule has 1 aliphatic heterocycles. The van der Waals surface area contributed by atoms with Crippen LogP contribution in [0.2, 0.25) is 10.0 Å². The molecular formula is C28H30Cl2N2O4S. The van der Waals surface area contributed by atoms with Crippen LogP contribution in [0.1, 0.15) is 60.6 Å². The van der Waals surface area contributed by atoms with Gasteiger partial charge in [-0.25, -0.2) is 8.42 Å². The van der Waals surface area contributed by atoms with E-state index < -0.39 is 10.0 Å². The fraction of sp³-hybridized carbons (Fsp3) is 0.321. The van der Waals surface area contributed by atoms with Gasteiger partial charge in [0.25, 0.3) is 5.91 Å². The van der Waals surface area contributed by atoms with Crippen LogP contribution in [0.3, 0.4) is 0 Å². The molecule has 1 amide bonds. The first-order valence-corrected chi connectivity index (χ1v) is 14.8. The molecule has 196 valence electrons. The molecule has 3 aromatic rings. The molecule has 0 radical (unpaired) electrons. The smallest absolute Gasteiger partial charge is 0.251 e. The van der Waals surface area contributed by atoms with Crippen molar-refractivity contribution in [3.8, 4) is 5.75 Å². The fourth-order valence-corrected chi connectivity index (χ4v) is 6.06. The quantitative estimate of drug-likeness (QED) is 0.329. The van der Waals surface area contributed by atoms with Crippen LogP contribution >= 0.6 is 23.2 Å². The summed E-state index contributed by atoms with van der Waals surface area (Å²) in [5.74, 6) is 0.550. The number of carbonyl (C=O) groups is 1. The summed E-state index contributed by atoms with van der Waals surface area (Å²) in [5, 5.41) is 3.92. The Kier molecular flexibility index (Phi) is 8.07. The van der Waals surface area contributed by atoms with Crippen LogP contribution < -0.4 is 14.4 Å². The largest absolute Gasteiger partial charge is 0.487 e. The van der Waals surface area contributed by atoms with E-state index in [0.29, 0.717) is 33.3 Å². The van der Waals surface area contributed by atoms with Crippen molar-refractivity contribution >= 4 is 44.8 Å². The number of nitrogens with one attached hydrogen (secondary N) is 1. The van der Waals surface area contributed by atoms with Gasteiger partial charge in [0.1, 0.15) is 11.4 Å². The highest BCUT2D eigenvalue weighted by Gasteiger charge is 2.39. The summed E-state index contributed by atoms with van der Waals surface area (Å²) >= 11 is 12.6. The average molecular weight is 562 g/mol. The second kappa shape index (κ2) is 10.9. The van der Waals surface area contributed by atoms with E-state index in [9.17, 15) is 13.2 Å². The van der Waals surface area contributed by atoms with E-state index in [2.05, 4.69) is 19.2 Å². The summed E-state index contributed by atoms with van der Waals surface area (Å²) < 4.78 is 32.8. The van der Waals surface area contributed by atoms with Crippen LogP contribution in [0.4, 0.5) is 5.69 Å². The monoisotopic (exact) mass is 560 g/mol. The lowest BCUT2D eigenvalue weighted by molar-refractivity contribution is 0.0227. The van der Waals surface area contributed by atoms with Crippen molar-refractivity contribution in [2.75, 3.05) is 10.6 Å². The summed E-state index contributed by atoms with van der Waals surface area (Å²) in [7, 11) is -3.66. The summed E-state index contributed by atoms with van der Waals surface area (Å²) in [6, 6.07) is 19.1. The lowest BCUT2D eigenvalue weighted by atomic mass is 9.83. The zero-order valence-electron chi connectivity index (χ0n) is 21.0. The van der Waals surface area contributed by atoms with Crippen LogP contribution in [0, 0.1) is 0 Å². The molecule has 0 bridgehead atoms. The lowest BCUT2D eigenvalue weighted by Gasteiger charge is -2.41. The highest BCUT2D eigenvalue weighted by molar-refractivity contribution is 7.92. The number of rotatable bonds is 8. The predicted molar refractivity (Wildman–Crippen MR) is 149 cm³/mol. The van der Waals surface area contributed by atoms with Gasteiger partial charge >= 0.3 is 0 Å². The van der Waals surface area contributed by atoms with Crippen molar-refractivity contribution in [1.82, 2.24) is 5.32 Å². The summed E-state index contributed by atoms with van der Waals surface area (Å²) in [5.41, 5.74) is 1.95. The molecular weight excluding hydrogens is 531 g/mol. The SMILES string of the molecule is CCC1(CC)CC(NC(=O)c2ccc(N(Cc3c(Cl)cccc3Cl)S(C)(=O)=O)cc2)c2ccccc2O1. The number of amides is 1. The number of sulfonamides is 1. The molecule has 1 heterocycles. The van der Waals surface area contributed by atoms with Gasteiger partial charge in [0.2, 0.25) is 10.0 Å². The summed E-state index contributed by atoms with van der Waals surface area (Å²) in [4.78, 5) is 13.3. The molecule has 3 aromatic carbocycles. The van der Waals surface area contributed by atoms with E-state index in [-0.39, 0.29) is 24.1 Å². The second-order valence-corrected chi connectivity index (χ2v) is 12.0. The van der Waals surface area contributed by atoms with Crippen molar-refractivity contribution in [1.29, 1.82) is 0 Å². The van der Waals surface area contributed by atoms with E-state index in [4.69, 9.17) is 27.9 Å². The third-order valence-corrected chi connectivity index (χ3v) is 8.82. The minimum atomic E-state index is -3.66. The highest BCUT2D eigenvalue weighted by Crippen LogP contribution is 2.42. The minimum absolute atomic E-state index is 0.0299. The third-order valence-electron chi connectivity index (χ3n) is 6.97. The fourth-order valence-electron chi connectivity index (χ4n) is 4.68. The molecule has 0 spiro atoms. The van der Waals surface area contributed by atoms with E-state index >= 15 is 0 Å². The Hall–Kier alpha value is -2.74. The maximum Gasteiger partial charge on any atom is 0.251 e. The Bertz CT molecular complexity index is 1370. The number of benzene rings is 3. The number of para-hydroxylation sites is 1. The standard InChI is InChI=1S/C28H30Cl2N2O4S/c1-4-28(5-2)17-25(21-9-6-7-12-26(21)36-28)31-27(33)19-13-15-20(16-14-19)32(37(3,34)35)18-22-23(29)10-8-11-24(22)30/h6-16,25H,4-5,17-18H2,1-3H3,(H,31,33). The van der Waals surface area contributed by atoms with Crippen molar-refractivity contribution < 1.29 is 17.9 Å². The molecule has 0 saturated heterocycles. The number of ether oxygens (including phenoxy) is 1. The Morgan fingerprint density at radius 3 is 2.22 bits per heavy atom. The number of hydrogen-bond donors (Lipinski definition) is 1. The normalized spacial score (nSPS) is 16.4. The predicted octanol–water partition coefficient (Wildman–Crippen LogP) is 6.77. The maximum absolute atomic E-state index is 13.3. The molecule has 1 atom stereocenters. The summed E-state index contributed by atoms with van der Waals surface area (Å²) in [6.07, 6.45) is 3.45. The lowest BCUT2D eigenvalue weighted by Crippen LogP contribution is -2.44. The van der Waals surface area contributed by atoms with Crippen LogP contribution in [-0.2, 0) is 16.6 Å². The molecule has 1 N–H and O–H groups in total. The number of carbonyl (C=O) groups excluding carboxylic acids is 1. The minimum Gasteiger partial charge on any atom is -0.487 e. The van der Waals surface area contributed by atoms with E-state index in [1.165, 1.54) is 4.31 Å². The molecule has 1 unspecified atom stereocenters. The van der Waals surface area contributed by atoms with Gasteiger partial charge in [-0.2, -0.15) is 0 Å². The first kappa shape index (κ1) is 27.3. The average Bonchev–Trinajstić information content (AvgIpc) is 2.87. The van der Waals surface area contributed by atoms with E-state index in [1.54, 1.807) is 42.5 Å². The van der Waals surface area contributed by atoms with Gasteiger partial charge in [-0.15, -0.1) is 0 Å². The molecule has 6 nitrogen and oxygen atoms in total. The third kappa shape index (κ3) is 5.89. The zero-order valence-corrected chi connectivity index (χ0v) is 23.3. The van der Waals surface area contributed by atoms with Crippen molar-refractivity contribution in [3.63, 3.8) is 0 Å². The number of nitrogens with zero attached hydrogens (tertiary/aromatic N) is 1.